The van der Waals surface area contributed by atoms with Crippen LogP contribution in [0.25, 0.3) is 0 Å². The summed E-state index contributed by atoms with van der Waals surface area (Å²) in [5.74, 6) is 0.230. The van der Waals surface area contributed by atoms with Gasteiger partial charge in [-0.2, -0.15) is 11.3 Å². The Morgan fingerprint density at radius 1 is 1.78 bits per heavy atom. The summed E-state index contributed by atoms with van der Waals surface area (Å²) in [6.07, 6.45) is 0.587. The molecule has 1 heterocycles. The molecule has 0 N–H and O–H groups in total. The average Bonchev–Trinajstić information content (AvgIpc) is 2.15. The molecule has 0 fully saturated rings. The van der Waals surface area contributed by atoms with Gasteiger partial charge in [0.2, 0.25) is 0 Å². The highest BCUT2D eigenvalue weighted by Crippen LogP contribution is 2.06. The second-order valence-electron chi connectivity index (χ2n) is 2.01. The summed E-state index contributed by atoms with van der Waals surface area (Å²) >= 11 is 1.63. The van der Waals surface area contributed by atoms with E-state index in [2.05, 4.69) is 0 Å². The van der Waals surface area contributed by atoms with E-state index in [1.807, 2.05) is 16.8 Å². The number of Topliss-reactive ketones (excluding diaryl/α,β-unsaturated/α-hetero) is 1. The average molecular weight is 140 g/mol. The number of hydrogen-bond donors (Lipinski definition) is 0. The molecule has 0 aliphatic rings. The second-order valence-corrected chi connectivity index (χ2v) is 2.79. The number of carbonyl (C=O) groups is 1. The fourth-order valence-electron chi connectivity index (χ4n) is 0.681. The van der Waals surface area contributed by atoms with Crippen LogP contribution in [-0.2, 0) is 11.2 Å². The van der Waals surface area contributed by atoms with Crippen LogP contribution < -0.4 is 0 Å². The van der Waals surface area contributed by atoms with Gasteiger partial charge in [-0.1, -0.05) is 0 Å². The Labute approximate surface area is 58.3 Å². The van der Waals surface area contributed by atoms with Gasteiger partial charge in [0.1, 0.15) is 5.78 Å². The molecule has 1 aromatic rings. The Balaban J connectivity index is 2.58. The van der Waals surface area contributed by atoms with Crippen molar-refractivity contribution in [2.75, 3.05) is 0 Å². The van der Waals surface area contributed by atoms with E-state index in [4.69, 9.17) is 0 Å². The van der Waals surface area contributed by atoms with Crippen molar-refractivity contribution in [1.29, 1.82) is 0 Å². The van der Waals surface area contributed by atoms with Gasteiger partial charge in [-0.15, -0.1) is 0 Å². The maximum absolute atomic E-state index is 10.5. The van der Waals surface area contributed by atoms with Crippen molar-refractivity contribution in [3.8, 4) is 0 Å². The van der Waals surface area contributed by atoms with Crippen molar-refractivity contribution < 1.29 is 4.79 Å². The topological polar surface area (TPSA) is 17.1 Å². The Bertz CT molecular complexity index is 189. The van der Waals surface area contributed by atoms with E-state index in [1.54, 1.807) is 18.3 Å². The van der Waals surface area contributed by atoms with Crippen LogP contribution in [0.2, 0.25) is 0 Å². The fourth-order valence-corrected chi connectivity index (χ4v) is 1.35. The van der Waals surface area contributed by atoms with Crippen molar-refractivity contribution in [2.45, 2.75) is 13.3 Å². The predicted molar refractivity (Wildman–Crippen MR) is 38.7 cm³/mol. The minimum absolute atomic E-state index is 0.230. The highest BCUT2D eigenvalue weighted by molar-refractivity contribution is 7.07. The van der Waals surface area contributed by atoms with Gasteiger partial charge in [0.15, 0.2) is 0 Å². The summed E-state index contributed by atoms with van der Waals surface area (Å²) < 4.78 is 0. The van der Waals surface area contributed by atoms with E-state index in [1.165, 1.54) is 0 Å². The number of thiophene rings is 1. The Kier molecular flexibility index (Phi) is 2.01. The van der Waals surface area contributed by atoms with Gasteiger partial charge in [-0.25, -0.2) is 0 Å². The van der Waals surface area contributed by atoms with Crippen molar-refractivity contribution in [3.05, 3.63) is 22.4 Å². The van der Waals surface area contributed by atoms with E-state index in [0.717, 1.165) is 5.56 Å². The monoisotopic (exact) mass is 140 g/mol. The second kappa shape index (κ2) is 2.78. The van der Waals surface area contributed by atoms with E-state index in [0.29, 0.717) is 6.42 Å². The highest BCUT2D eigenvalue weighted by atomic mass is 32.1. The molecule has 0 unspecified atom stereocenters. The zero-order chi connectivity index (χ0) is 6.69. The third-order valence-electron chi connectivity index (χ3n) is 1.03. The van der Waals surface area contributed by atoms with Crippen LogP contribution in [0.15, 0.2) is 16.8 Å². The number of ketones is 1. The van der Waals surface area contributed by atoms with Crippen LogP contribution in [0.3, 0.4) is 0 Å². The van der Waals surface area contributed by atoms with E-state index >= 15 is 0 Å². The predicted octanol–water partition coefficient (Wildman–Crippen LogP) is 1.88. The van der Waals surface area contributed by atoms with Crippen LogP contribution in [0, 0.1) is 0 Å². The van der Waals surface area contributed by atoms with Crippen molar-refractivity contribution in [2.24, 2.45) is 0 Å². The molecule has 0 radical (unpaired) electrons. The highest BCUT2D eigenvalue weighted by Gasteiger charge is 1.95. The smallest absolute Gasteiger partial charge is 0.134 e. The zero-order valence-corrected chi connectivity index (χ0v) is 6.07. The van der Waals surface area contributed by atoms with E-state index in [-0.39, 0.29) is 5.78 Å². The molecule has 0 saturated carbocycles. The standard InChI is InChI=1S/C7H8OS/c1-6(8)4-7-2-3-9-5-7/h2-3,5H,4H2,1H3. The maximum atomic E-state index is 10.5. The third-order valence-corrected chi connectivity index (χ3v) is 1.77. The van der Waals surface area contributed by atoms with Crippen LogP contribution in [-0.4, -0.2) is 5.78 Å². The van der Waals surface area contributed by atoms with Gasteiger partial charge < -0.3 is 0 Å². The molecule has 9 heavy (non-hydrogen) atoms. The molecule has 0 aromatic carbocycles. The molecule has 2 heteroatoms. The van der Waals surface area contributed by atoms with Crippen molar-refractivity contribution in [1.82, 2.24) is 0 Å². The summed E-state index contributed by atoms with van der Waals surface area (Å²) in [7, 11) is 0. The first kappa shape index (κ1) is 6.49. The largest absolute Gasteiger partial charge is 0.300 e. The van der Waals surface area contributed by atoms with Crippen LogP contribution in [0.4, 0.5) is 0 Å². The van der Waals surface area contributed by atoms with Crippen LogP contribution >= 0.6 is 11.3 Å². The number of rotatable bonds is 2. The lowest BCUT2D eigenvalue weighted by molar-refractivity contribution is -0.116. The van der Waals surface area contributed by atoms with Crippen LogP contribution in [0.5, 0.6) is 0 Å². The summed E-state index contributed by atoms with van der Waals surface area (Å²) in [4.78, 5) is 10.5. The molecule has 0 bridgehead atoms. The molecule has 0 saturated heterocycles. The van der Waals surface area contributed by atoms with Crippen LogP contribution in [0.1, 0.15) is 12.5 Å². The lowest BCUT2D eigenvalue weighted by Gasteiger charge is -1.86. The van der Waals surface area contributed by atoms with Crippen molar-refractivity contribution >= 4 is 17.1 Å². The summed E-state index contributed by atoms with van der Waals surface area (Å²) in [5, 5.41) is 3.99. The molecule has 0 amide bonds. The fraction of sp³-hybridized carbons (Fsp3) is 0.286. The zero-order valence-electron chi connectivity index (χ0n) is 5.26. The van der Waals surface area contributed by atoms with Crippen molar-refractivity contribution in [3.63, 3.8) is 0 Å². The molecule has 0 aliphatic carbocycles. The Morgan fingerprint density at radius 3 is 3.00 bits per heavy atom. The van der Waals surface area contributed by atoms with Gasteiger partial charge in [0.25, 0.3) is 0 Å². The van der Waals surface area contributed by atoms with Gasteiger partial charge in [0, 0.05) is 6.42 Å². The molecular weight excluding hydrogens is 132 g/mol. The Morgan fingerprint density at radius 2 is 2.56 bits per heavy atom. The molecule has 1 rings (SSSR count). The molecule has 1 nitrogen and oxygen atoms in total. The van der Waals surface area contributed by atoms with E-state index < -0.39 is 0 Å². The molecule has 1 aromatic heterocycles. The summed E-state index contributed by atoms with van der Waals surface area (Å²) in [5.41, 5.74) is 1.13. The number of carbonyl (C=O) groups excluding carboxylic acids is 1. The van der Waals surface area contributed by atoms with Gasteiger partial charge in [0.05, 0.1) is 0 Å². The van der Waals surface area contributed by atoms with Gasteiger partial charge >= 0.3 is 0 Å². The summed E-state index contributed by atoms with van der Waals surface area (Å²) in [6.45, 7) is 1.61. The Hall–Kier alpha value is -0.630. The SMILES string of the molecule is CC(=O)Cc1ccsc1. The van der Waals surface area contributed by atoms with Gasteiger partial charge in [-0.3, -0.25) is 4.79 Å². The first-order chi connectivity index (χ1) is 4.29. The normalized spacial score (nSPS) is 9.44. The number of hydrogen-bond acceptors (Lipinski definition) is 2. The maximum Gasteiger partial charge on any atom is 0.134 e. The molecule has 48 valence electrons. The lowest BCUT2D eigenvalue weighted by Crippen LogP contribution is -1.92. The molecule has 0 aliphatic heterocycles. The van der Waals surface area contributed by atoms with Gasteiger partial charge in [-0.05, 0) is 29.3 Å². The van der Waals surface area contributed by atoms with E-state index in [9.17, 15) is 4.79 Å². The first-order valence-electron chi connectivity index (χ1n) is 2.79. The molecular formula is C7H8OS. The molecule has 0 spiro atoms. The third kappa shape index (κ3) is 1.98. The lowest BCUT2D eigenvalue weighted by atomic mass is 10.2. The first-order valence-corrected chi connectivity index (χ1v) is 3.74. The summed E-state index contributed by atoms with van der Waals surface area (Å²) in [6, 6.07) is 1.98. The molecule has 0 atom stereocenters. The minimum atomic E-state index is 0.230. The quantitative estimate of drug-likeness (QED) is 0.613. The minimum Gasteiger partial charge on any atom is -0.300 e.